The van der Waals surface area contributed by atoms with Crippen molar-refractivity contribution in [3.8, 4) is 0 Å². The van der Waals surface area contributed by atoms with E-state index in [0.29, 0.717) is 12.3 Å². The number of hydrogen-bond acceptors (Lipinski definition) is 1. The first-order chi connectivity index (χ1) is 8.65. The molecule has 3 heteroatoms. The van der Waals surface area contributed by atoms with Gasteiger partial charge >= 0.3 is 0 Å². The second-order valence-corrected chi connectivity index (χ2v) is 4.70. The molecule has 1 amide bonds. The van der Waals surface area contributed by atoms with Crippen molar-refractivity contribution in [2.45, 2.75) is 26.2 Å². The smallest absolute Gasteiger partial charge is 0.230 e. The molecule has 0 bridgehead atoms. The topological polar surface area (TPSA) is 44.9 Å². The molecule has 0 unspecified atom stereocenters. The van der Waals surface area contributed by atoms with Crippen molar-refractivity contribution in [2.24, 2.45) is 0 Å². The van der Waals surface area contributed by atoms with E-state index < -0.39 is 0 Å². The van der Waals surface area contributed by atoms with Gasteiger partial charge in [0.15, 0.2) is 0 Å². The number of rotatable bonds is 4. The third-order valence-corrected chi connectivity index (χ3v) is 2.87. The lowest BCUT2D eigenvalue weighted by Crippen LogP contribution is -2.14. The number of hydrogen-bond donors (Lipinski definition) is 2. The van der Waals surface area contributed by atoms with E-state index in [2.05, 4.69) is 36.3 Å². The van der Waals surface area contributed by atoms with E-state index in [9.17, 15) is 4.79 Å². The van der Waals surface area contributed by atoms with E-state index in [0.717, 1.165) is 11.4 Å². The van der Waals surface area contributed by atoms with Gasteiger partial charge < -0.3 is 10.3 Å². The van der Waals surface area contributed by atoms with Crippen LogP contribution in [0.4, 0.5) is 5.69 Å². The summed E-state index contributed by atoms with van der Waals surface area (Å²) < 4.78 is 0. The predicted molar refractivity (Wildman–Crippen MR) is 73.7 cm³/mol. The first kappa shape index (κ1) is 12.4. The molecule has 1 heterocycles. The first-order valence-electron chi connectivity index (χ1n) is 6.17. The molecule has 0 fully saturated rings. The van der Waals surface area contributed by atoms with Crippen LogP contribution in [0.5, 0.6) is 0 Å². The summed E-state index contributed by atoms with van der Waals surface area (Å²) >= 11 is 0. The maximum atomic E-state index is 11.8. The van der Waals surface area contributed by atoms with Gasteiger partial charge in [0.05, 0.1) is 6.42 Å². The quantitative estimate of drug-likeness (QED) is 0.848. The molecular weight excluding hydrogens is 224 g/mol. The molecule has 3 nitrogen and oxygen atoms in total. The van der Waals surface area contributed by atoms with Crippen molar-refractivity contribution in [1.29, 1.82) is 0 Å². The van der Waals surface area contributed by atoms with E-state index in [-0.39, 0.29) is 5.91 Å². The number of H-pyrrole nitrogens is 1. The molecule has 18 heavy (non-hydrogen) atoms. The Hall–Kier alpha value is -2.03. The third kappa shape index (κ3) is 3.23. The summed E-state index contributed by atoms with van der Waals surface area (Å²) in [6.07, 6.45) is 2.19. The van der Waals surface area contributed by atoms with Gasteiger partial charge in [0.1, 0.15) is 0 Å². The van der Waals surface area contributed by atoms with Crippen molar-refractivity contribution in [3.05, 3.63) is 53.9 Å². The summed E-state index contributed by atoms with van der Waals surface area (Å²) in [6, 6.07) is 11.8. The minimum Gasteiger partial charge on any atom is -0.365 e. The van der Waals surface area contributed by atoms with Gasteiger partial charge in [-0.1, -0.05) is 26.0 Å². The van der Waals surface area contributed by atoms with Crippen molar-refractivity contribution < 1.29 is 4.79 Å². The summed E-state index contributed by atoms with van der Waals surface area (Å²) in [6.45, 7) is 4.30. The number of carbonyl (C=O) groups is 1. The lowest BCUT2D eigenvalue weighted by atomic mass is 10.0. The Kier molecular flexibility index (Phi) is 3.82. The highest BCUT2D eigenvalue weighted by atomic mass is 16.1. The predicted octanol–water partition coefficient (Wildman–Crippen LogP) is 3.32. The van der Waals surface area contributed by atoms with Crippen LogP contribution in [0.1, 0.15) is 31.0 Å². The van der Waals surface area contributed by atoms with Crippen molar-refractivity contribution >= 4 is 11.6 Å². The summed E-state index contributed by atoms with van der Waals surface area (Å²) in [5.41, 5.74) is 3.04. The zero-order valence-electron chi connectivity index (χ0n) is 10.7. The SMILES string of the molecule is CC(C)c1ccc(NC(=O)Cc2ccc[nH]2)cc1. The van der Waals surface area contributed by atoms with Crippen LogP contribution in [0, 0.1) is 0 Å². The fourth-order valence-corrected chi connectivity index (χ4v) is 1.81. The number of aromatic amines is 1. The van der Waals surface area contributed by atoms with Crippen LogP contribution in [-0.2, 0) is 11.2 Å². The Morgan fingerprint density at radius 1 is 1.22 bits per heavy atom. The van der Waals surface area contributed by atoms with Gasteiger partial charge in [-0.2, -0.15) is 0 Å². The summed E-state index contributed by atoms with van der Waals surface area (Å²) in [4.78, 5) is 14.8. The van der Waals surface area contributed by atoms with Crippen LogP contribution >= 0.6 is 0 Å². The average molecular weight is 242 g/mol. The molecule has 0 atom stereocenters. The van der Waals surface area contributed by atoms with E-state index in [4.69, 9.17) is 0 Å². The van der Waals surface area contributed by atoms with Gasteiger partial charge in [-0.05, 0) is 35.7 Å². The van der Waals surface area contributed by atoms with Gasteiger partial charge in [-0.25, -0.2) is 0 Å². The molecule has 0 radical (unpaired) electrons. The first-order valence-corrected chi connectivity index (χ1v) is 6.17. The minimum absolute atomic E-state index is 0.00486. The molecule has 2 N–H and O–H groups in total. The van der Waals surface area contributed by atoms with Crippen LogP contribution in [-0.4, -0.2) is 10.9 Å². The number of benzene rings is 1. The zero-order valence-corrected chi connectivity index (χ0v) is 10.7. The highest BCUT2D eigenvalue weighted by Gasteiger charge is 2.05. The molecular formula is C15H18N2O. The fraction of sp³-hybridized carbons (Fsp3) is 0.267. The molecule has 0 aliphatic carbocycles. The van der Waals surface area contributed by atoms with Crippen LogP contribution in [0.3, 0.4) is 0 Å². The largest absolute Gasteiger partial charge is 0.365 e. The van der Waals surface area contributed by atoms with Gasteiger partial charge in [0, 0.05) is 17.6 Å². The van der Waals surface area contributed by atoms with Crippen LogP contribution in [0.25, 0.3) is 0 Å². The minimum atomic E-state index is -0.00486. The second kappa shape index (κ2) is 5.54. The molecule has 0 aliphatic heterocycles. The van der Waals surface area contributed by atoms with Crippen LogP contribution in [0.2, 0.25) is 0 Å². The highest BCUT2D eigenvalue weighted by molar-refractivity contribution is 5.92. The van der Waals surface area contributed by atoms with Crippen LogP contribution < -0.4 is 5.32 Å². The van der Waals surface area contributed by atoms with Crippen molar-refractivity contribution in [1.82, 2.24) is 4.98 Å². The molecule has 2 aromatic rings. The highest BCUT2D eigenvalue weighted by Crippen LogP contribution is 2.17. The van der Waals surface area contributed by atoms with Gasteiger partial charge in [-0.3, -0.25) is 4.79 Å². The summed E-state index contributed by atoms with van der Waals surface area (Å²) in [5.74, 6) is 0.503. The molecule has 2 rings (SSSR count). The Labute approximate surface area is 107 Å². The number of aromatic nitrogens is 1. The number of nitrogens with one attached hydrogen (secondary N) is 2. The molecule has 0 saturated heterocycles. The summed E-state index contributed by atoms with van der Waals surface area (Å²) in [5, 5.41) is 2.89. The maximum Gasteiger partial charge on any atom is 0.230 e. The molecule has 0 spiro atoms. The third-order valence-electron chi connectivity index (χ3n) is 2.87. The van der Waals surface area contributed by atoms with Gasteiger partial charge in [0.2, 0.25) is 5.91 Å². The van der Waals surface area contributed by atoms with E-state index >= 15 is 0 Å². The molecule has 1 aromatic carbocycles. The second-order valence-electron chi connectivity index (χ2n) is 4.70. The number of amides is 1. The lowest BCUT2D eigenvalue weighted by molar-refractivity contribution is -0.115. The van der Waals surface area contributed by atoms with E-state index in [1.165, 1.54) is 5.56 Å². The van der Waals surface area contributed by atoms with Crippen molar-refractivity contribution in [2.75, 3.05) is 5.32 Å². The lowest BCUT2D eigenvalue weighted by Gasteiger charge is -2.08. The zero-order chi connectivity index (χ0) is 13.0. The Bertz CT molecular complexity index is 498. The maximum absolute atomic E-state index is 11.8. The fourth-order valence-electron chi connectivity index (χ4n) is 1.81. The van der Waals surface area contributed by atoms with Crippen LogP contribution in [0.15, 0.2) is 42.6 Å². The normalized spacial score (nSPS) is 10.6. The Morgan fingerprint density at radius 3 is 2.50 bits per heavy atom. The molecule has 94 valence electrons. The van der Waals surface area contributed by atoms with E-state index in [1.54, 1.807) is 0 Å². The summed E-state index contributed by atoms with van der Waals surface area (Å²) in [7, 11) is 0. The molecule has 1 aromatic heterocycles. The van der Waals surface area contributed by atoms with Crippen molar-refractivity contribution in [3.63, 3.8) is 0 Å². The van der Waals surface area contributed by atoms with Gasteiger partial charge in [0.25, 0.3) is 0 Å². The molecule has 0 aliphatic rings. The average Bonchev–Trinajstić information content (AvgIpc) is 2.82. The Balaban J connectivity index is 1.95. The number of anilines is 1. The monoisotopic (exact) mass is 242 g/mol. The van der Waals surface area contributed by atoms with Gasteiger partial charge in [-0.15, -0.1) is 0 Å². The Morgan fingerprint density at radius 2 is 1.94 bits per heavy atom. The standard InChI is InChI=1S/C15H18N2O/c1-11(2)12-5-7-13(8-6-12)17-15(18)10-14-4-3-9-16-14/h3-9,11,16H,10H2,1-2H3,(H,17,18). The number of carbonyl (C=O) groups excluding carboxylic acids is 1. The molecule has 0 saturated carbocycles. The van der Waals surface area contributed by atoms with E-state index in [1.807, 2.05) is 30.5 Å².